The highest BCUT2D eigenvalue weighted by Crippen LogP contribution is 2.27. The number of carboxylic acids is 2. The Labute approximate surface area is 102 Å². The van der Waals surface area contributed by atoms with Crippen molar-refractivity contribution in [1.82, 2.24) is 0 Å². The zero-order valence-electron chi connectivity index (χ0n) is 9.42. The van der Waals surface area contributed by atoms with Crippen LogP contribution in [0.4, 0.5) is 5.69 Å². The van der Waals surface area contributed by atoms with E-state index in [4.69, 9.17) is 10.2 Å². The van der Waals surface area contributed by atoms with Crippen molar-refractivity contribution in [2.45, 2.75) is 12.8 Å². The number of carbonyl (C=O) groups excluding carboxylic acids is 1. The molecule has 6 nitrogen and oxygen atoms in total. The van der Waals surface area contributed by atoms with Crippen LogP contribution < -0.4 is 4.90 Å². The third kappa shape index (κ3) is 2.04. The topological polar surface area (TPSA) is 94.9 Å². The van der Waals surface area contributed by atoms with Crippen molar-refractivity contribution >= 4 is 23.5 Å². The minimum atomic E-state index is -1.18. The fraction of sp³-hybridized carbons (Fsp3) is 0.250. The lowest BCUT2D eigenvalue weighted by Gasteiger charge is -2.18. The van der Waals surface area contributed by atoms with Gasteiger partial charge in [-0.3, -0.25) is 4.79 Å². The largest absolute Gasteiger partial charge is 0.478 e. The zero-order valence-corrected chi connectivity index (χ0v) is 9.42. The molecule has 0 aromatic heterocycles. The summed E-state index contributed by atoms with van der Waals surface area (Å²) >= 11 is 0. The molecule has 1 aliphatic heterocycles. The Bertz CT molecular complexity index is 537. The smallest absolute Gasteiger partial charge is 0.337 e. The van der Waals surface area contributed by atoms with Gasteiger partial charge in [0.05, 0.1) is 16.8 Å². The Balaban J connectivity index is 2.53. The summed E-state index contributed by atoms with van der Waals surface area (Å²) in [6.07, 6.45) is 1.01. The maximum atomic E-state index is 11.6. The molecule has 1 heterocycles. The molecule has 1 fully saturated rings. The molecule has 0 radical (unpaired) electrons. The number of hydrogen-bond donors (Lipinski definition) is 2. The van der Waals surface area contributed by atoms with E-state index in [1.54, 1.807) is 0 Å². The molecule has 1 aromatic carbocycles. The standard InChI is InChI=1S/C12H11NO5/c14-10-2-1-5-13(10)9-6-7(11(15)16)3-4-8(9)12(17)18/h3-4,6H,1-2,5H2,(H,15,16)(H,17,18). The van der Waals surface area contributed by atoms with Crippen molar-refractivity contribution in [3.8, 4) is 0 Å². The molecule has 94 valence electrons. The van der Waals surface area contributed by atoms with Gasteiger partial charge in [0.1, 0.15) is 0 Å². The molecule has 6 heteroatoms. The summed E-state index contributed by atoms with van der Waals surface area (Å²) in [6, 6.07) is 3.66. The molecule has 0 saturated carbocycles. The Kier molecular flexibility index (Phi) is 3.01. The molecule has 0 unspecified atom stereocenters. The fourth-order valence-corrected chi connectivity index (χ4v) is 1.97. The molecule has 0 spiro atoms. The fourth-order valence-electron chi connectivity index (χ4n) is 1.97. The summed E-state index contributed by atoms with van der Waals surface area (Å²) < 4.78 is 0. The quantitative estimate of drug-likeness (QED) is 0.839. The van der Waals surface area contributed by atoms with Gasteiger partial charge in [-0.05, 0) is 24.6 Å². The highest BCUT2D eigenvalue weighted by atomic mass is 16.4. The van der Waals surface area contributed by atoms with Crippen molar-refractivity contribution in [3.05, 3.63) is 29.3 Å². The Morgan fingerprint density at radius 3 is 2.39 bits per heavy atom. The van der Waals surface area contributed by atoms with Crippen molar-refractivity contribution in [3.63, 3.8) is 0 Å². The molecule has 18 heavy (non-hydrogen) atoms. The van der Waals surface area contributed by atoms with Crippen LogP contribution in [0.3, 0.4) is 0 Å². The predicted molar refractivity (Wildman–Crippen MR) is 61.9 cm³/mol. The van der Waals surface area contributed by atoms with Crippen LogP contribution in [0.2, 0.25) is 0 Å². The average Bonchev–Trinajstić information content (AvgIpc) is 2.74. The molecule has 0 bridgehead atoms. The Morgan fingerprint density at radius 1 is 1.17 bits per heavy atom. The molecule has 2 N–H and O–H groups in total. The Hall–Kier alpha value is -2.37. The van der Waals surface area contributed by atoms with E-state index < -0.39 is 11.9 Å². The second kappa shape index (κ2) is 4.48. The van der Waals surface area contributed by atoms with Gasteiger partial charge in [-0.1, -0.05) is 0 Å². The van der Waals surface area contributed by atoms with Crippen LogP contribution >= 0.6 is 0 Å². The first-order valence-electron chi connectivity index (χ1n) is 5.41. The maximum Gasteiger partial charge on any atom is 0.337 e. The van der Waals surface area contributed by atoms with Crippen LogP contribution in [0.15, 0.2) is 18.2 Å². The van der Waals surface area contributed by atoms with Gasteiger partial charge < -0.3 is 15.1 Å². The first-order chi connectivity index (χ1) is 8.50. The molecule has 1 amide bonds. The second-order valence-corrected chi connectivity index (χ2v) is 3.99. The van der Waals surface area contributed by atoms with Gasteiger partial charge >= 0.3 is 11.9 Å². The number of carbonyl (C=O) groups is 3. The van der Waals surface area contributed by atoms with Crippen LogP contribution in [-0.4, -0.2) is 34.6 Å². The molecule has 0 aliphatic carbocycles. The molecule has 1 saturated heterocycles. The van der Waals surface area contributed by atoms with Gasteiger partial charge in [-0.25, -0.2) is 9.59 Å². The minimum absolute atomic E-state index is 0.0327. The number of rotatable bonds is 3. The first kappa shape index (κ1) is 12.1. The van der Waals surface area contributed by atoms with E-state index in [-0.39, 0.29) is 22.7 Å². The van der Waals surface area contributed by atoms with Crippen LogP contribution in [0, 0.1) is 0 Å². The third-order valence-corrected chi connectivity index (χ3v) is 2.84. The number of hydrogen-bond acceptors (Lipinski definition) is 3. The summed E-state index contributed by atoms with van der Waals surface area (Å²) in [4.78, 5) is 34.9. The van der Waals surface area contributed by atoms with E-state index in [0.29, 0.717) is 19.4 Å². The van der Waals surface area contributed by atoms with Gasteiger partial charge in [0, 0.05) is 13.0 Å². The number of aromatic carboxylic acids is 2. The van der Waals surface area contributed by atoms with Crippen LogP contribution in [-0.2, 0) is 4.79 Å². The molecule has 0 atom stereocenters. The predicted octanol–water partition coefficient (Wildman–Crippen LogP) is 1.21. The molecular formula is C12H11NO5. The van der Waals surface area contributed by atoms with E-state index in [1.807, 2.05) is 0 Å². The van der Waals surface area contributed by atoms with Crippen LogP contribution in [0.1, 0.15) is 33.6 Å². The zero-order chi connectivity index (χ0) is 13.3. The Morgan fingerprint density at radius 2 is 1.89 bits per heavy atom. The highest BCUT2D eigenvalue weighted by Gasteiger charge is 2.26. The van der Waals surface area contributed by atoms with Gasteiger partial charge in [0.25, 0.3) is 0 Å². The summed E-state index contributed by atoms with van der Waals surface area (Å²) in [6.45, 7) is 0.419. The summed E-state index contributed by atoms with van der Waals surface area (Å²) in [5, 5.41) is 18.0. The average molecular weight is 249 g/mol. The lowest BCUT2D eigenvalue weighted by Crippen LogP contribution is -2.26. The number of nitrogens with zero attached hydrogens (tertiary/aromatic N) is 1. The van der Waals surface area contributed by atoms with E-state index in [2.05, 4.69) is 0 Å². The van der Waals surface area contributed by atoms with Crippen LogP contribution in [0.5, 0.6) is 0 Å². The van der Waals surface area contributed by atoms with Gasteiger partial charge in [0.2, 0.25) is 5.91 Å². The first-order valence-corrected chi connectivity index (χ1v) is 5.41. The van der Waals surface area contributed by atoms with Crippen molar-refractivity contribution in [1.29, 1.82) is 0 Å². The van der Waals surface area contributed by atoms with Crippen molar-refractivity contribution in [2.75, 3.05) is 11.4 Å². The summed E-state index contributed by atoms with van der Waals surface area (Å²) in [5.74, 6) is -2.51. The molecule has 1 aliphatic rings. The lowest BCUT2D eigenvalue weighted by molar-refractivity contribution is -0.117. The molecular weight excluding hydrogens is 238 g/mol. The maximum absolute atomic E-state index is 11.6. The highest BCUT2D eigenvalue weighted by molar-refractivity contribution is 6.04. The summed E-state index contributed by atoms with van der Waals surface area (Å²) in [7, 11) is 0. The van der Waals surface area contributed by atoms with Gasteiger partial charge in [-0.2, -0.15) is 0 Å². The van der Waals surface area contributed by atoms with Crippen molar-refractivity contribution < 1.29 is 24.6 Å². The lowest BCUT2D eigenvalue weighted by atomic mass is 10.1. The van der Waals surface area contributed by atoms with Gasteiger partial charge in [0.15, 0.2) is 0 Å². The van der Waals surface area contributed by atoms with E-state index in [1.165, 1.54) is 23.1 Å². The SMILES string of the molecule is O=C(O)c1ccc(C(=O)O)c(N2CCCC2=O)c1. The number of carboxylic acid groups (broad SMARTS) is 2. The number of anilines is 1. The monoisotopic (exact) mass is 249 g/mol. The second-order valence-electron chi connectivity index (χ2n) is 3.99. The third-order valence-electron chi connectivity index (χ3n) is 2.84. The number of amides is 1. The van der Waals surface area contributed by atoms with E-state index in [9.17, 15) is 14.4 Å². The van der Waals surface area contributed by atoms with Crippen LogP contribution in [0.25, 0.3) is 0 Å². The van der Waals surface area contributed by atoms with Crippen molar-refractivity contribution in [2.24, 2.45) is 0 Å². The summed E-state index contributed by atoms with van der Waals surface area (Å²) in [5.41, 5.74) is 0.0647. The van der Waals surface area contributed by atoms with E-state index >= 15 is 0 Å². The molecule has 1 aromatic rings. The number of benzene rings is 1. The molecule has 2 rings (SSSR count). The van der Waals surface area contributed by atoms with E-state index in [0.717, 1.165) is 0 Å². The minimum Gasteiger partial charge on any atom is -0.478 e. The normalized spacial score (nSPS) is 14.9. The van der Waals surface area contributed by atoms with Gasteiger partial charge in [-0.15, -0.1) is 0 Å².